The summed E-state index contributed by atoms with van der Waals surface area (Å²) in [6, 6.07) is 1.61. The van der Waals surface area contributed by atoms with E-state index in [9.17, 15) is 0 Å². The summed E-state index contributed by atoms with van der Waals surface area (Å²) < 4.78 is 10.8. The van der Waals surface area contributed by atoms with E-state index in [0.717, 1.165) is 0 Å². The van der Waals surface area contributed by atoms with E-state index < -0.39 is 0 Å². The first kappa shape index (κ1) is 11.7. The third-order valence-corrected chi connectivity index (χ3v) is 1.71. The minimum Gasteiger partial charge on any atom is -0.472 e. The average Bonchev–Trinajstić information content (AvgIpc) is 2.13. The van der Waals surface area contributed by atoms with Crippen LogP contribution in [0.2, 0.25) is 0 Å². The maximum absolute atomic E-state index is 5.57. The van der Waals surface area contributed by atoms with E-state index in [0.29, 0.717) is 30.7 Å². The van der Waals surface area contributed by atoms with Gasteiger partial charge in [0.2, 0.25) is 5.88 Å². The number of nitrogens with two attached hydrogens (primary N) is 1. The molecular formula is C10H17N3O2. The van der Waals surface area contributed by atoms with Crippen LogP contribution in [0.4, 0.5) is 5.82 Å². The van der Waals surface area contributed by atoms with Crippen molar-refractivity contribution in [2.24, 2.45) is 0 Å². The van der Waals surface area contributed by atoms with Gasteiger partial charge in [-0.15, -0.1) is 0 Å². The van der Waals surface area contributed by atoms with Crippen LogP contribution in [-0.2, 0) is 4.74 Å². The predicted molar refractivity (Wildman–Crippen MR) is 57.8 cm³/mol. The fourth-order valence-corrected chi connectivity index (χ4v) is 1.15. The van der Waals surface area contributed by atoms with Gasteiger partial charge in [0.1, 0.15) is 17.7 Å². The summed E-state index contributed by atoms with van der Waals surface area (Å²) in [5, 5.41) is 0. The van der Waals surface area contributed by atoms with Crippen molar-refractivity contribution in [2.45, 2.75) is 26.9 Å². The Labute approximate surface area is 89.6 Å². The second-order valence-electron chi connectivity index (χ2n) is 3.27. The zero-order chi connectivity index (χ0) is 11.3. The van der Waals surface area contributed by atoms with Crippen molar-refractivity contribution in [3.63, 3.8) is 0 Å². The lowest BCUT2D eigenvalue weighted by atomic mass is 10.4. The van der Waals surface area contributed by atoms with Crippen LogP contribution in [0.1, 0.15) is 19.7 Å². The van der Waals surface area contributed by atoms with E-state index in [2.05, 4.69) is 9.97 Å². The molecule has 0 radical (unpaired) electrons. The highest BCUT2D eigenvalue weighted by Crippen LogP contribution is 2.12. The quantitative estimate of drug-likeness (QED) is 0.791. The molecule has 1 atom stereocenters. The standard InChI is InChI=1S/C10H17N3O2/c1-4-14-6-7(2)15-10-5-9(11)12-8(3)13-10/h5,7H,4,6H2,1-3H3,(H2,11,12,13). The third kappa shape index (κ3) is 4.12. The minimum absolute atomic E-state index is 0.0429. The van der Waals surface area contributed by atoms with Gasteiger partial charge in [0.15, 0.2) is 0 Å². The lowest BCUT2D eigenvalue weighted by molar-refractivity contribution is 0.0632. The predicted octanol–water partition coefficient (Wildman–Crippen LogP) is 1.17. The average molecular weight is 211 g/mol. The monoisotopic (exact) mass is 211 g/mol. The van der Waals surface area contributed by atoms with Crippen molar-refractivity contribution in [2.75, 3.05) is 18.9 Å². The van der Waals surface area contributed by atoms with Crippen LogP contribution in [0.15, 0.2) is 6.07 Å². The number of rotatable bonds is 5. The fourth-order valence-electron chi connectivity index (χ4n) is 1.15. The molecule has 15 heavy (non-hydrogen) atoms. The molecule has 0 aliphatic rings. The molecule has 0 bridgehead atoms. The Morgan fingerprint density at radius 2 is 2.20 bits per heavy atom. The van der Waals surface area contributed by atoms with E-state index in [-0.39, 0.29) is 6.10 Å². The van der Waals surface area contributed by atoms with Gasteiger partial charge in [-0.05, 0) is 20.8 Å². The molecule has 5 heteroatoms. The fraction of sp³-hybridized carbons (Fsp3) is 0.600. The van der Waals surface area contributed by atoms with Crippen molar-refractivity contribution in [1.29, 1.82) is 0 Å². The van der Waals surface area contributed by atoms with Gasteiger partial charge in [-0.2, -0.15) is 4.98 Å². The summed E-state index contributed by atoms with van der Waals surface area (Å²) in [5.41, 5.74) is 5.57. The molecule has 0 aliphatic carbocycles. The topological polar surface area (TPSA) is 70.3 Å². The third-order valence-electron chi connectivity index (χ3n) is 1.71. The zero-order valence-corrected chi connectivity index (χ0v) is 9.36. The number of aryl methyl sites for hydroxylation is 1. The van der Waals surface area contributed by atoms with Crippen molar-refractivity contribution >= 4 is 5.82 Å². The maximum Gasteiger partial charge on any atom is 0.219 e. The van der Waals surface area contributed by atoms with Gasteiger partial charge in [-0.3, -0.25) is 0 Å². The molecule has 0 spiro atoms. The van der Waals surface area contributed by atoms with Gasteiger partial charge in [-0.1, -0.05) is 0 Å². The lowest BCUT2D eigenvalue weighted by Crippen LogP contribution is -2.20. The molecule has 1 unspecified atom stereocenters. The highest BCUT2D eigenvalue weighted by molar-refractivity contribution is 5.32. The zero-order valence-electron chi connectivity index (χ0n) is 9.36. The molecule has 1 heterocycles. The molecule has 0 saturated carbocycles. The molecule has 1 aromatic rings. The lowest BCUT2D eigenvalue weighted by Gasteiger charge is -2.13. The van der Waals surface area contributed by atoms with Crippen LogP contribution < -0.4 is 10.5 Å². The van der Waals surface area contributed by atoms with E-state index in [1.165, 1.54) is 0 Å². The van der Waals surface area contributed by atoms with Crippen LogP contribution in [0.5, 0.6) is 5.88 Å². The van der Waals surface area contributed by atoms with Crippen LogP contribution in [0.25, 0.3) is 0 Å². The molecular weight excluding hydrogens is 194 g/mol. The minimum atomic E-state index is -0.0429. The smallest absolute Gasteiger partial charge is 0.219 e. The van der Waals surface area contributed by atoms with Crippen molar-refractivity contribution in [1.82, 2.24) is 9.97 Å². The highest BCUT2D eigenvalue weighted by atomic mass is 16.5. The van der Waals surface area contributed by atoms with Gasteiger partial charge in [0.05, 0.1) is 6.61 Å². The highest BCUT2D eigenvalue weighted by Gasteiger charge is 2.06. The second-order valence-corrected chi connectivity index (χ2v) is 3.27. The Kier molecular flexibility index (Phi) is 4.30. The second kappa shape index (κ2) is 5.50. The normalized spacial score (nSPS) is 12.5. The Bertz CT molecular complexity index is 297. The maximum atomic E-state index is 5.57. The summed E-state index contributed by atoms with van der Waals surface area (Å²) in [6.45, 7) is 6.86. The first-order valence-electron chi connectivity index (χ1n) is 4.97. The van der Waals surface area contributed by atoms with Crippen LogP contribution in [0, 0.1) is 6.92 Å². The molecule has 2 N–H and O–H groups in total. The van der Waals surface area contributed by atoms with E-state index in [1.54, 1.807) is 13.0 Å². The van der Waals surface area contributed by atoms with Crippen LogP contribution in [-0.4, -0.2) is 29.3 Å². The molecule has 0 fully saturated rings. The van der Waals surface area contributed by atoms with E-state index in [4.69, 9.17) is 15.2 Å². The summed E-state index contributed by atoms with van der Waals surface area (Å²) >= 11 is 0. The summed E-state index contributed by atoms with van der Waals surface area (Å²) in [4.78, 5) is 8.07. The molecule has 0 amide bonds. The number of nitrogen functional groups attached to an aromatic ring is 1. The number of hydrogen-bond donors (Lipinski definition) is 1. The number of ether oxygens (including phenoxy) is 2. The van der Waals surface area contributed by atoms with E-state index in [1.807, 2.05) is 13.8 Å². The van der Waals surface area contributed by atoms with Crippen molar-refractivity contribution < 1.29 is 9.47 Å². The van der Waals surface area contributed by atoms with Gasteiger partial charge in [-0.25, -0.2) is 4.98 Å². The Morgan fingerprint density at radius 3 is 2.80 bits per heavy atom. The van der Waals surface area contributed by atoms with Gasteiger partial charge >= 0.3 is 0 Å². The van der Waals surface area contributed by atoms with Crippen LogP contribution in [0.3, 0.4) is 0 Å². The summed E-state index contributed by atoms with van der Waals surface area (Å²) in [7, 11) is 0. The van der Waals surface area contributed by atoms with Crippen molar-refractivity contribution in [3.8, 4) is 5.88 Å². The van der Waals surface area contributed by atoms with Crippen molar-refractivity contribution in [3.05, 3.63) is 11.9 Å². The number of nitrogens with zero attached hydrogens (tertiary/aromatic N) is 2. The van der Waals surface area contributed by atoms with E-state index >= 15 is 0 Å². The molecule has 1 aromatic heterocycles. The van der Waals surface area contributed by atoms with Gasteiger partial charge in [0.25, 0.3) is 0 Å². The molecule has 5 nitrogen and oxygen atoms in total. The molecule has 1 rings (SSSR count). The Hall–Kier alpha value is -1.36. The van der Waals surface area contributed by atoms with Gasteiger partial charge in [0, 0.05) is 12.7 Å². The summed E-state index contributed by atoms with van der Waals surface area (Å²) in [6.07, 6.45) is -0.0429. The number of anilines is 1. The Balaban J connectivity index is 2.56. The largest absolute Gasteiger partial charge is 0.472 e. The number of aromatic nitrogens is 2. The SMILES string of the molecule is CCOCC(C)Oc1cc(N)nc(C)n1. The van der Waals surface area contributed by atoms with Crippen LogP contribution >= 0.6 is 0 Å². The first-order chi connectivity index (χ1) is 7.11. The molecule has 0 aromatic carbocycles. The molecule has 0 aliphatic heterocycles. The van der Waals surface area contributed by atoms with Gasteiger partial charge < -0.3 is 15.2 Å². The molecule has 84 valence electrons. The Morgan fingerprint density at radius 1 is 1.47 bits per heavy atom. The molecule has 0 saturated heterocycles. The summed E-state index contributed by atoms with van der Waals surface area (Å²) in [5.74, 6) is 1.52. The first-order valence-corrected chi connectivity index (χ1v) is 4.97. The number of hydrogen-bond acceptors (Lipinski definition) is 5.